The Labute approximate surface area is 151 Å². The number of piperidine rings is 1. The molecule has 1 aromatic rings. The summed E-state index contributed by atoms with van der Waals surface area (Å²) in [7, 11) is 2.06. The van der Waals surface area contributed by atoms with Gasteiger partial charge in [-0.15, -0.1) is 0 Å². The molecule has 0 spiro atoms. The van der Waals surface area contributed by atoms with Crippen LogP contribution in [-0.2, 0) is 9.59 Å². The van der Waals surface area contributed by atoms with Crippen molar-refractivity contribution in [1.29, 1.82) is 0 Å². The maximum atomic E-state index is 13.0. The van der Waals surface area contributed by atoms with Crippen LogP contribution in [0.4, 0.5) is 0 Å². The first-order valence-electron chi connectivity index (χ1n) is 8.75. The molecular formula is C19H21N5O2. The van der Waals surface area contributed by atoms with Crippen LogP contribution in [0.3, 0.4) is 0 Å². The van der Waals surface area contributed by atoms with E-state index >= 15 is 0 Å². The molecule has 26 heavy (non-hydrogen) atoms. The minimum atomic E-state index is -1.52. The Kier molecular flexibility index (Phi) is 3.96. The van der Waals surface area contributed by atoms with Crippen molar-refractivity contribution in [1.82, 2.24) is 15.2 Å². The molecule has 1 fully saturated rings. The highest BCUT2D eigenvalue weighted by Gasteiger charge is 2.44. The van der Waals surface area contributed by atoms with Crippen molar-refractivity contribution in [3.63, 3.8) is 0 Å². The van der Waals surface area contributed by atoms with Crippen molar-refractivity contribution in [2.24, 2.45) is 16.1 Å². The quantitative estimate of drug-likeness (QED) is 0.682. The van der Waals surface area contributed by atoms with Crippen molar-refractivity contribution >= 4 is 17.4 Å². The number of hydrogen-bond acceptors (Lipinski definition) is 5. The monoisotopic (exact) mass is 351 g/mol. The predicted octanol–water partition coefficient (Wildman–Crippen LogP) is -0.999. The molecule has 1 saturated heterocycles. The van der Waals surface area contributed by atoms with Gasteiger partial charge in [-0.25, -0.2) is 9.98 Å². The number of carbonyl (C=O) groups is 2. The molecule has 3 aliphatic rings. The van der Waals surface area contributed by atoms with Crippen LogP contribution in [0.1, 0.15) is 12.8 Å². The molecule has 1 aliphatic carbocycles. The van der Waals surface area contributed by atoms with Gasteiger partial charge in [-0.3, -0.25) is 9.59 Å². The summed E-state index contributed by atoms with van der Waals surface area (Å²) in [6.07, 6.45) is 8.28. The minimum absolute atomic E-state index is 0.0477. The Morgan fingerprint density at radius 3 is 2.85 bits per heavy atom. The van der Waals surface area contributed by atoms with Gasteiger partial charge >= 0.3 is 0 Å². The van der Waals surface area contributed by atoms with E-state index in [0.29, 0.717) is 11.2 Å². The first-order chi connectivity index (χ1) is 12.5. The number of allylic oxidation sites excluding steroid dienone is 1. The van der Waals surface area contributed by atoms with E-state index in [1.54, 1.807) is 24.4 Å². The van der Waals surface area contributed by atoms with E-state index in [1.165, 1.54) is 0 Å². The molecule has 0 aromatic carbocycles. The van der Waals surface area contributed by atoms with Crippen molar-refractivity contribution in [3.8, 4) is 0 Å². The highest BCUT2D eigenvalue weighted by Crippen LogP contribution is 2.33. The fourth-order valence-corrected chi connectivity index (χ4v) is 3.64. The fraction of sp³-hybridized carbons (Fsp3) is 0.368. The summed E-state index contributed by atoms with van der Waals surface area (Å²) in [6.45, 7) is 1.83. The molecule has 1 unspecified atom stereocenters. The zero-order chi connectivity index (χ0) is 18.3. The van der Waals surface area contributed by atoms with Gasteiger partial charge in [-0.1, -0.05) is 12.2 Å². The van der Waals surface area contributed by atoms with Gasteiger partial charge in [0.1, 0.15) is 0 Å². The number of nitrogens with two attached hydrogens (primary N) is 1. The summed E-state index contributed by atoms with van der Waals surface area (Å²) in [5.41, 5.74) is 6.15. The van der Waals surface area contributed by atoms with Crippen LogP contribution in [0.2, 0.25) is 0 Å². The van der Waals surface area contributed by atoms with Crippen LogP contribution in [0.25, 0.3) is 5.57 Å². The lowest BCUT2D eigenvalue weighted by molar-refractivity contribution is -0.136. The smallest absolute Gasteiger partial charge is 0.243 e. The molecule has 1 atom stereocenters. The number of primary amides is 1. The topological polar surface area (TPSA) is 101 Å². The minimum Gasteiger partial charge on any atom is -0.368 e. The van der Waals surface area contributed by atoms with Crippen LogP contribution in [-0.4, -0.2) is 47.9 Å². The first kappa shape index (κ1) is 16.7. The molecule has 2 aliphatic heterocycles. The number of rotatable bonds is 3. The number of nitrogens with zero attached hydrogens (tertiary/aromatic N) is 3. The number of fused-ring (bicyclic) bond motifs is 2. The molecular weight excluding hydrogens is 330 g/mol. The molecule has 134 valence electrons. The normalized spacial score (nSPS) is 25.1. The highest BCUT2D eigenvalue weighted by atomic mass is 16.2. The summed E-state index contributed by atoms with van der Waals surface area (Å²) in [5, 5.41) is 3.90. The second kappa shape index (κ2) is 6.17. The zero-order valence-electron chi connectivity index (χ0n) is 14.6. The van der Waals surface area contributed by atoms with Gasteiger partial charge in [-0.05, 0) is 51.2 Å². The maximum Gasteiger partial charge on any atom is 0.243 e. The van der Waals surface area contributed by atoms with E-state index < -0.39 is 11.3 Å². The number of carbonyl (C=O) groups excluding carboxylic acids is 2. The maximum absolute atomic E-state index is 13.0. The SMILES string of the molecule is CN1CCC(NC(=O)C2(C(N)=O)C=CC3=c4cccnc4=NC3=C2)CC1. The van der Waals surface area contributed by atoms with E-state index in [-0.39, 0.29) is 11.9 Å². The summed E-state index contributed by atoms with van der Waals surface area (Å²) in [5.74, 6) is -1.09. The second-order valence-corrected chi connectivity index (χ2v) is 7.05. The molecule has 2 amide bonds. The predicted molar refractivity (Wildman–Crippen MR) is 95.9 cm³/mol. The molecule has 1 aromatic heterocycles. The molecule has 0 radical (unpaired) electrons. The lowest BCUT2D eigenvalue weighted by atomic mass is 9.79. The molecule has 7 heteroatoms. The Balaban J connectivity index is 1.66. The molecule has 3 N–H and O–H groups in total. The molecule has 7 nitrogen and oxygen atoms in total. The van der Waals surface area contributed by atoms with Gasteiger partial charge in [0.05, 0.1) is 5.70 Å². The number of amides is 2. The molecule has 0 bridgehead atoms. The number of likely N-dealkylation sites (tertiary alicyclic amines) is 1. The van der Waals surface area contributed by atoms with Crippen LogP contribution in [0.5, 0.6) is 0 Å². The van der Waals surface area contributed by atoms with Crippen LogP contribution in [0, 0.1) is 5.41 Å². The summed E-state index contributed by atoms with van der Waals surface area (Å²) in [4.78, 5) is 36.2. The highest BCUT2D eigenvalue weighted by molar-refractivity contribution is 6.10. The third-order valence-electron chi connectivity index (χ3n) is 5.29. The Morgan fingerprint density at radius 2 is 2.12 bits per heavy atom. The van der Waals surface area contributed by atoms with Gasteiger partial charge in [0.2, 0.25) is 11.8 Å². The largest absolute Gasteiger partial charge is 0.368 e. The fourth-order valence-electron chi connectivity index (χ4n) is 3.64. The standard InChI is InChI=1S/C19H21N5O2/c1-24-9-5-12(6-10-24)22-18(26)19(17(20)25)7-4-13-14-3-2-8-21-16(14)23-15(13)11-19/h2-4,7-8,11-12H,5-6,9-10H2,1H3,(H2,20,25)(H,22,26). The van der Waals surface area contributed by atoms with Crippen LogP contribution < -0.4 is 21.8 Å². The van der Waals surface area contributed by atoms with Gasteiger partial charge in [-0.2, -0.15) is 0 Å². The third kappa shape index (κ3) is 2.64. The Bertz CT molecular complexity index is 956. The summed E-state index contributed by atoms with van der Waals surface area (Å²) < 4.78 is 0. The van der Waals surface area contributed by atoms with Gasteiger partial charge in [0.15, 0.2) is 10.9 Å². The lowest BCUT2D eigenvalue weighted by Crippen LogP contribution is -2.53. The van der Waals surface area contributed by atoms with E-state index in [0.717, 1.165) is 36.7 Å². The van der Waals surface area contributed by atoms with Crippen molar-refractivity contribution in [2.45, 2.75) is 18.9 Å². The average Bonchev–Trinajstić information content (AvgIpc) is 3.00. The van der Waals surface area contributed by atoms with Gasteiger partial charge in [0, 0.05) is 23.0 Å². The van der Waals surface area contributed by atoms with E-state index in [2.05, 4.69) is 27.2 Å². The second-order valence-electron chi connectivity index (χ2n) is 7.05. The lowest BCUT2D eigenvalue weighted by Gasteiger charge is -2.33. The van der Waals surface area contributed by atoms with Crippen molar-refractivity contribution in [3.05, 3.63) is 53.0 Å². The molecule has 3 heterocycles. The van der Waals surface area contributed by atoms with Gasteiger partial charge in [0.25, 0.3) is 0 Å². The van der Waals surface area contributed by atoms with Crippen LogP contribution >= 0.6 is 0 Å². The van der Waals surface area contributed by atoms with Crippen molar-refractivity contribution < 1.29 is 9.59 Å². The molecule has 4 rings (SSSR count). The summed E-state index contributed by atoms with van der Waals surface area (Å²) in [6, 6.07) is 3.80. The number of nitrogens with one attached hydrogen (secondary N) is 1. The summed E-state index contributed by atoms with van der Waals surface area (Å²) >= 11 is 0. The van der Waals surface area contributed by atoms with E-state index in [1.807, 2.05) is 12.1 Å². The van der Waals surface area contributed by atoms with Crippen LogP contribution in [0.15, 0.2) is 47.2 Å². The zero-order valence-corrected chi connectivity index (χ0v) is 14.6. The Morgan fingerprint density at radius 1 is 1.35 bits per heavy atom. The number of hydrogen-bond donors (Lipinski definition) is 2. The molecule has 0 saturated carbocycles. The number of aromatic nitrogens is 1. The van der Waals surface area contributed by atoms with Crippen molar-refractivity contribution in [2.75, 3.05) is 20.1 Å². The van der Waals surface area contributed by atoms with E-state index in [4.69, 9.17) is 5.73 Å². The first-order valence-corrected chi connectivity index (χ1v) is 8.75. The number of pyridine rings is 1. The van der Waals surface area contributed by atoms with E-state index in [9.17, 15) is 9.59 Å². The Hall–Kier alpha value is -2.80. The van der Waals surface area contributed by atoms with Gasteiger partial charge < -0.3 is 16.0 Å². The third-order valence-corrected chi connectivity index (χ3v) is 5.29. The average molecular weight is 351 g/mol.